The van der Waals surface area contributed by atoms with Gasteiger partial charge in [-0.25, -0.2) is 4.79 Å². The van der Waals surface area contributed by atoms with Crippen LogP contribution in [-0.2, 0) is 16.1 Å². The summed E-state index contributed by atoms with van der Waals surface area (Å²) in [7, 11) is 0. The smallest absolute Gasteiger partial charge is 0.407 e. The van der Waals surface area contributed by atoms with Gasteiger partial charge in [-0.15, -0.1) is 11.3 Å². The van der Waals surface area contributed by atoms with Gasteiger partial charge in [-0.3, -0.25) is 4.79 Å². The Labute approximate surface area is 173 Å². The number of alkyl carbamates (subject to hydrolysis) is 1. The van der Waals surface area contributed by atoms with Gasteiger partial charge in [-0.1, -0.05) is 6.07 Å². The maximum atomic E-state index is 12.5. The molecular formula is C21H35N3O3S. The molecule has 7 heteroatoms. The van der Waals surface area contributed by atoms with Crippen molar-refractivity contribution in [3.05, 3.63) is 22.4 Å². The number of carbonyl (C=O) groups is 2. The summed E-state index contributed by atoms with van der Waals surface area (Å²) in [6.07, 6.45) is 2.99. The molecule has 1 N–H and O–H groups in total. The summed E-state index contributed by atoms with van der Waals surface area (Å²) in [6, 6.07) is 4.28. The summed E-state index contributed by atoms with van der Waals surface area (Å²) in [5.74, 6) is 0.234. The van der Waals surface area contributed by atoms with E-state index in [0.717, 1.165) is 45.4 Å². The lowest BCUT2D eigenvalue weighted by Crippen LogP contribution is -2.46. The maximum absolute atomic E-state index is 12.5. The molecule has 158 valence electrons. The van der Waals surface area contributed by atoms with Crippen molar-refractivity contribution in [2.24, 2.45) is 0 Å². The number of amides is 2. The van der Waals surface area contributed by atoms with Crippen molar-refractivity contribution >= 4 is 23.3 Å². The number of carbonyl (C=O) groups excluding carboxylic acids is 2. The Balaban J connectivity index is 1.62. The highest BCUT2D eigenvalue weighted by Gasteiger charge is 2.23. The molecule has 2 amide bonds. The number of nitrogens with zero attached hydrogens (tertiary/aromatic N) is 2. The van der Waals surface area contributed by atoms with Crippen LogP contribution in [0.1, 0.15) is 58.3 Å². The van der Waals surface area contributed by atoms with E-state index in [0.29, 0.717) is 13.0 Å². The van der Waals surface area contributed by atoms with Crippen LogP contribution in [0.5, 0.6) is 0 Å². The number of hydrogen-bond donors (Lipinski definition) is 1. The zero-order valence-corrected chi connectivity index (χ0v) is 18.5. The van der Waals surface area contributed by atoms with Gasteiger partial charge in [0.15, 0.2) is 0 Å². The largest absolute Gasteiger partial charge is 0.444 e. The fourth-order valence-corrected chi connectivity index (χ4v) is 4.07. The number of nitrogens with one attached hydrogen (secondary N) is 1. The summed E-state index contributed by atoms with van der Waals surface area (Å²) in [4.78, 5) is 29.9. The van der Waals surface area contributed by atoms with Crippen LogP contribution in [0, 0.1) is 0 Å². The molecule has 0 bridgehead atoms. The van der Waals surface area contributed by atoms with E-state index < -0.39 is 5.60 Å². The predicted octanol–water partition coefficient (Wildman–Crippen LogP) is 3.87. The lowest BCUT2D eigenvalue weighted by molar-refractivity contribution is -0.131. The summed E-state index contributed by atoms with van der Waals surface area (Å²) >= 11 is 1.70. The topological polar surface area (TPSA) is 61.9 Å². The van der Waals surface area contributed by atoms with Gasteiger partial charge in [0, 0.05) is 37.0 Å². The third-order valence-corrected chi connectivity index (χ3v) is 5.70. The third-order valence-electron chi connectivity index (χ3n) is 4.83. The SMILES string of the molecule is CCN(Cc1cccs1)C(=O)CCCN1CCC(NC(=O)OC(C)(C)C)CC1. The maximum Gasteiger partial charge on any atom is 0.407 e. The second kappa shape index (κ2) is 10.8. The molecule has 0 spiro atoms. The number of likely N-dealkylation sites (tertiary alicyclic amines) is 1. The van der Waals surface area contributed by atoms with Gasteiger partial charge in [-0.2, -0.15) is 0 Å². The molecule has 0 unspecified atom stereocenters. The molecule has 1 fully saturated rings. The first-order valence-corrected chi connectivity index (χ1v) is 11.2. The molecule has 1 aromatic heterocycles. The van der Waals surface area contributed by atoms with E-state index in [9.17, 15) is 9.59 Å². The molecule has 0 radical (unpaired) electrons. The minimum Gasteiger partial charge on any atom is -0.444 e. The Kier molecular flexibility index (Phi) is 8.76. The Hall–Kier alpha value is -1.60. The van der Waals surface area contributed by atoms with Crippen LogP contribution in [0.2, 0.25) is 0 Å². The summed E-state index contributed by atoms with van der Waals surface area (Å²) in [5, 5.41) is 5.02. The van der Waals surface area contributed by atoms with Gasteiger partial charge in [0.05, 0.1) is 6.54 Å². The highest BCUT2D eigenvalue weighted by molar-refractivity contribution is 7.09. The van der Waals surface area contributed by atoms with Gasteiger partial charge in [-0.05, 0) is 64.9 Å². The minimum atomic E-state index is -0.465. The van der Waals surface area contributed by atoms with Gasteiger partial charge in [0.2, 0.25) is 5.91 Å². The molecule has 0 saturated carbocycles. The second-order valence-corrected chi connectivity index (χ2v) is 9.39. The molecule has 0 aliphatic carbocycles. The predicted molar refractivity (Wildman–Crippen MR) is 113 cm³/mol. The minimum absolute atomic E-state index is 0.175. The molecule has 1 aliphatic rings. The zero-order valence-electron chi connectivity index (χ0n) is 17.7. The molecular weight excluding hydrogens is 374 g/mol. The van der Waals surface area contributed by atoms with Gasteiger partial charge < -0.3 is 19.9 Å². The average molecular weight is 410 g/mol. The molecule has 28 heavy (non-hydrogen) atoms. The Morgan fingerprint density at radius 3 is 2.61 bits per heavy atom. The number of piperidine rings is 1. The zero-order chi connectivity index (χ0) is 20.6. The molecule has 1 aromatic rings. The number of hydrogen-bond acceptors (Lipinski definition) is 5. The van der Waals surface area contributed by atoms with Crippen LogP contribution in [-0.4, -0.2) is 59.6 Å². The lowest BCUT2D eigenvalue weighted by atomic mass is 10.0. The lowest BCUT2D eigenvalue weighted by Gasteiger charge is -2.33. The van der Waals surface area contributed by atoms with Crippen molar-refractivity contribution < 1.29 is 14.3 Å². The Morgan fingerprint density at radius 2 is 2.04 bits per heavy atom. The van der Waals surface area contributed by atoms with Crippen molar-refractivity contribution in [1.82, 2.24) is 15.1 Å². The quantitative estimate of drug-likeness (QED) is 0.708. The second-order valence-electron chi connectivity index (χ2n) is 8.35. The standard InChI is InChI=1S/C21H35N3O3S/c1-5-24(16-18-8-7-15-28-18)19(25)9-6-12-23-13-10-17(11-14-23)22-20(26)27-21(2,3)4/h7-8,15,17H,5-6,9-14,16H2,1-4H3,(H,22,26). The van der Waals surface area contributed by atoms with E-state index in [-0.39, 0.29) is 18.0 Å². The monoisotopic (exact) mass is 409 g/mol. The fourth-order valence-electron chi connectivity index (χ4n) is 3.35. The summed E-state index contributed by atoms with van der Waals surface area (Å²) < 4.78 is 5.32. The van der Waals surface area contributed by atoms with Crippen LogP contribution in [0.25, 0.3) is 0 Å². The fraction of sp³-hybridized carbons (Fsp3) is 0.714. The number of ether oxygens (including phenoxy) is 1. The van der Waals surface area contributed by atoms with Crippen LogP contribution < -0.4 is 5.32 Å². The van der Waals surface area contributed by atoms with Crippen molar-refractivity contribution in [3.63, 3.8) is 0 Å². The van der Waals surface area contributed by atoms with Gasteiger partial charge in [0.25, 0.3) is 0 Å². The van der Waals surface area contributed by atoms with Crippen molar-refractivity contribution in [3.8, 4) is 0 Å². The third kappa shape index (κ3) is 8.19. The van der Waals surface area contributed by atoms with Crippen LogP contribution in [0.4, 0.5) is 4.79 Å². The van der Waals surface area contributed by atoms with Crippen molar-refractivity contribution in [2.75, 3.05) is 26.2 Å². The molecule has 1 saturated heterocycles. The van der Waals surface area contributed by atoms with E-state index in [1.165, 1.54) is 4.88 Å². The molecule has 6 nitrogen and oxygen atoms in total. The summed E-state index contributed by atoms with van der Waals surface area (Å²) in [6.45, 7) is 11.9. The Bertz CT molecular complexity index is 605. The number of thiophene rings is 1. The van der Waals surface area contributed by atoms with E-state index in [1.54, 1.807) is 11.3 Å². The average Bonchev–Trinajstić information content (AvgIpc) is 3.12. The van der Waals surface area contributed by atoms with Crippen LogP contribution in [0.15, 0.2) is 17.5 Å². The van der Waals surface area contributed by atoms with E-state index in [4.69, 9.17) is 4.74 Å². The molecule has 2 heterocycles. The molecule has 2 rings (SSSR count). The highest BCUT2D eigenvalue weighted by Crippen LogP contribution is 2.15. The van der Waals surface area contributed by atoms with Crippen LogP contribution in [0.3, 0.4) is 0 Å². The van der Waals surface area contributed by atoms with Gasteiger partial charge in [0.1, 0.15) is 5.60 Å². The summed E-state index contributed by atoms with van der Waals surface area (Å²) in [5.41, 5.74) is -0.465. The molecule has 0 aromatic carbocycles. The normalized spacial score (nSPS) is 16.0. The first-order chi connectivity index (χ1) is 13.3. The molecule has 1 aliphatic heterocycles. The van der Waals surface area contributed by atoms with Crippen LogP contribution >= 0.6 is 11.3 Å². The van der Waals surface area contributed by atoms with E-state index >= 15 is 0 Å². The first-order valence-electron chi connectivity index (χ1n) is 10.3. The Morgan fingerprint density at radius 1 is 1.32 bits per heavy atom. The van der Waals surface area contributed by atoms with Gasteiger partial charge >= 0.3 is 6.09 Å². The first kappa shape index (κ1) is 22.7. The van der Waals surface area contributed by atoms with E-state index in [1.807, 2.05) is 38.7 Å². The van der Waals surface area contributed by atoms with Crippen molar-refractivity contribution in [1.29, 1.82) is 0 Å². The van der Waals surface area contributed by atoms with E-state index in [2.05, 4.69) is 21.7 Å². The highest BCUT2D eigenvalue weighted by atomic mass is 32.1. The molecule has 0 atom stereocenters. The van der Waals surface area contributed by atoms with Crippen molar-refractivity contribution in [2.45, 2.75) is 71.6 Å². The number of rotatable bonds is 8.